The molecule has 0 aromatic heterocycles. The second-order valence-corrected chi connectivity index (χ2v) is 17.0. The molecule has 1 fully saturated rings. The van der Waals surface area contributed by atoms with Gasteiger partial charge in [-0.1, -0.05) is 39.0 Å². The number of methoxy groups -OCH3 is 2. The van der Waals surface area contributed by atoms with E-state index in [2.05, 4.69) is 39.6 Å². The van der Waals surface area contributed by atoms with Crippen molar-refractivity contribution in [1.29, 1.82) is 0 Å². The summed E-state index contributed by atoms with van der Waals surface area (Å²) in [4.78, 5) is 25.6. The number of esters is 1. The van der Waals surface area contributed by atoms with Crippen LogP contribution in [0, 0.1) is 11.3 Å². The summed E-state index contributed by atoms with van der Waals surface area (Å²) in [6, 6.07) is 3.27. The molecule has 5 heteroatoms. The van der Waals surface area contributed by atoms with Crippen LogP contribution in [-0.2, 0) is 27.8 Å². The third-order valence-electron chi connectivity index (χ3n) is 8.09. The Morgan fingerprint density at radius 3 is 2.39 bits per heavy atom. The third kappa shape index (κ3) is 4.10. The van der Waals surface area contributed by atoms with Gasteiger partial charge in [0.25, 0.3) is 0 Å². The van der Waals surface area contributed by atoms with E-state index in [1.54, 1.807) is 14.0 Å². The van der Waals surface area contributed by atoms with Crippen molar-refractivity contribution in [3.8, 4) is 5.75 Å². The lowest BCUT2D eigenvalue weighted by molar-refractivity contribution is -0.161. The molecule has 1 aromatic carbocycles. The number of Topliss-reactive ketones (excluding diaryl/α,β-unsaturated/α-hetero) is 1. The van der Waals surface area contributed by atoms with Crippen molar-refractivity contribution in [3.05, 3.63) is 28.3 Å². The predicted octanol–water partition coefficient (Wildman–Crippen LogP) is 5.96. The molecule has 0 saturated heterocycles. The Kier molecular flexibility index (Phi) is 6.50. The van der Waals surface area contributed by atoms with Gasteiger partial charge >= 0.3 is 5.97 Å². The van der Waals surface area contributed by atoms with Gasteiger partial charge in [-0.15, -0.1) is 0 Å². The van der Waals surface area contributed by atoms with Crippen molar-refractivity contribution in [3.63, 3.8) is 0 Å². The van der Waals surface area contributed by atoms with Gasteiger partial charge in [0, 0.05) is 8.07 Å². The summed E-state index contributed by atoms with van der Waals surface area (Å²) >= 11 is 0. The van der Waals surface area contributed by atoms with Gasteiger partial charge in [0.1, 0.15) is 5.75 Å². The van der Waals surface area contributed by atoms with Crippen LogP contribution in [-0.4, -0.2) is 34.0 Å². The van der Waals surface area contributed by atoms with Gasteiger partial charge in [-0.05, 0) is 80.0 Å². The third-order valence-corrected chi connectivity index (χ3v) is 9.84. The Labute approximate surface area is 189 Å². The molecule has 0 unspecified atom stereocenters. The zero-order valence-electron chi connectivity index (χ0n) is 20.7. The summed E-state index contributed by atoms with van der Waals surface area (Å²) in [5, 5.41) is 0. The molecule has 2 aliphatic carbocycles. The standard InChI is InChI=1S/C26H40O4Si/c1-17(27)23-19(12-15-31(6,7)8)18-10-11-22-25(2,20(18)16-21(23)29-4)13-9-14-26(22,3)24(28)30-5/h16,22H,9-15H2,1-8H3/t22-,25-,26+/m1/s1. The maximum Gasteiger partial charge on any atom is 0.311 e. The summed E-state index contributed by atoms with van der Waals surface area (Å²) in [6.07, 6.45) is 5.72. The van der Waals surface area contributed by atoms with Crippen LogP contribution in [0.15, 0.2) is 6.07 Å². The van der Waals surface area contributed by atoms with Crippen molar-refractivity contribution in [1.82, 2.24) is 0 Å². The zero-order valence-corrected chi connectivity index (χ0v) is 21.7. The van der Waals surface area contributed by atoms with Crippen LogP contribution in [0.2, 0.25) is 25.7 Å². The molecule has 31 heavy (non-hydrogen) atoms. The van der Waals surface area contributed by atoms with Gasteiger partial charge in [-0.25, -0.2) is 0 Å². The highest BCUT2D eigenvalue weighted by atomic mass is 28.3. The SMILES string of the molecule is COC(=O)[C@@]1(C)CCC[C@]2(C)c3cc(OC)c(C(C)=O)c(CC[Si](C)(C)C)c3CC[C@@H]12. The topological polar surface area (TPSA) is 52.6 Å². The number of rotatable bonds is 6. The fraction of sp³-hybridized carbons (Fsp3) is 0.692. The number of benzene rings is 1. The average molecular weight is 445 g/mol. The highest BCUT2D eigenvalue weighted by molar-refractivity contribution is 6.76. The fourth-order valence-corrected chi connectivity index (χ4v) is 7.47. The molecule has 0 N–H and O–H groups in total. The monoisotopic (exact) mass is 444 g/mol. The predicted molar refractivity (Wildman–Crippen MR) is 128 cm³/mol. The van der Waals surface area contributed by atoms with Gasteiger partial charge in [-0.3, -0.25) is 9.59 Å². The van der Waals surface area contributed by atoms with E-state index in [0.717, 1.165) is 50.1 Å². The Bertz CT molecular complexity index is 884. The first kappa shape index (κ1) is 24.0. The van der Waals surface area contributed by atoms with Crippen molar-refractivity contribution >= 4 is 19.8 Å². The molecule has 0 heterocycles. The summed E-state index contributed by atoms with van der Waals surface area (Å²) in [6.45, 7) is 13.2. The van der Waals surface area contributed by atoms with Gasteiger partial charge < -0.3 is 9.47 Å². The lowest BCUT2D eigenvalue weighted by Gasteiger charge is -2.54. The number of hydrogen-bond acceptors (Lipinski definition) is 4. The van der Waals surface area contributed by atoms with Crippen LogP contribution in [0.5, 0.6) is 5.75 Å². The molecule has 0 radical (unpaired) electrons. The number of carbonyl (C=O) groups is 2. The first-order valence-electron chi connectivity index (χ1n) is 11.7. The van der Waals surface area contributed by atoms with E-state index in [9.17, 15) is 9.59 Å². The van der Waals surface area contributed by atoms with E-state index in [1.165, 1.54) is 23.8 Å². The lowest BCUT2D eigenvalue weighted by atomic mass is 9.49. The van der Waals surface area contributed by atoms with Gasteiger partial charge in [-0.2, -0.15) is 0 Å². The molecular formula is C26H40O4Si. The minimum Gasteiger partial charge on any atom is -0.496 e. The lowest BCUT2D eigenvalue weighted by Crippen LogP contribution is -2.53. The maximum absolute atomic E-state index is 12.9. The van der Waals surface area contributed by atoms with E-state index in [-0.39, 0.29) is 23.1 Å². The average Bonchev–Trinajstić information content (AvgIpc) is 2.69. The molecule has 4 nitrogen and oxygen atoms in total. The minimum atomic E-state index is -1.28. The van der Waals surface area contributed by atoms with E-state index in [1.807, 2.05) is 0 Å². The number of ketones is 1. The molecular weight excluding hydrogens is 404 g/mol. The molecule has 3 atom stereocenters. The zero-order chi connectivity index (χ0) is 23.2. The number of hydrogen-bond donors (Lipinski definition) is 0. The normalized spacial score (nSPS) is 27.8. The smallest absolute Gasteiger partial charge is 0.311 e. The van der Waals surface area contributed by atoms with Crippen molar-refractivity contribution in [2.45, 2.75) is 90.4 Å². The molecule has 0 aliphatic heterocycles. The molecule has 0 amide bonds. The molecule has 1 aromatic rings. The van der Waals surface area contributed by atoms with E-state index < -0.39 is 13.5 Å². The van der Waals surface area contributed by atoms with E-state index >= 15 is 0 Å². The largest absolute Gasteiger partial charge is 0.496 e. The molecule has 3 rings (SSSR count). The van der Waals surface area contributed by atoms with E-state index in [0.29, 0.717) is 5.75 Å². The summed E-state index contributed by atoms with van der Waals surface area (Å²) in [7, 11) is 1.89. The number of fused-ring (bicyclic) bond motifs is 3. The summed E-state index contributed by atoms with van der Waals surface area (Å²) in [5.74, 6) is 0.925. The van der Waals surface area contributed by atoms with E-state index in [4.69, 9.17) is 9.47 Å². The van der Waals surface area contributed by atoms with Crippen LogP contribution >= 0.6 is 0 Å². The maximum atomic E-state index is 12.9. The van der Waals surface area contributed by atoms with Crippen LogP contribution < -0.4 is 4.74 Å². The molecule has 2 aliphatic rings. The van der Waals surface area contributed by atoms with Gasteiger partial charge in [0.15, 0.2) is 5.78 Å². The minimum absolute atomic E-state index is 0.0838. The first-order chi connectivity index (χ1) is 14.4. The first-order valence-corrected chi connectivity index (χ1v) is 15.4. The second kappa shape index (κ2) is 8.38. The fourth-order valence-electron chi connectivity index (χ4n) is 6.47. The Morgan fingerprint density at radius 2 is 1.84 bits per heavy atom. The number of carbonyl (C=O) groups excluding carboxylic acids is 2. The highest BCUT2D eigenvalue weighted by Gasteiger charge is 2.56. The molecule has 1 saturated carbocycles. The highest BCUT2D eigenvalue weighted by Crippen LogP contribution is 2.58. The van der Waals surface area contributed by atoms with Crippen LogP contribution in [0.3, 0.4) is 0 Å². The van der Waals surface area contributed by atoms with Crippen molar-refractivity contribution in [2.75, 3.05) is 14.2 Å². The Morgan fingerprint density at radius 1 is 1.16 bits per heavy atom. The summed E-state index contributed by atoms with van der Waals surface area (Å²) in [5.41, 5.74) is 4.03. The van der Waals surface area contributed by atoms with Crippen LogP contribution in [0.25, 0.3) is 0 Å². The summed E-state index contributed by atoms with van der Waals surface area (Å²) < 4.78 is 11.1. The molecule has 172 valence electrons. The quantitative estimate of drug-likeness (QED) is 0.308. The Hall–Kier alpha value is -1.62. The number of ether oxygens (including phenoxy) is 2. The van der Waals surface area contributed by atoms with Crippen molar-refractivity contribution < 1.29 is 19.1 Å². The molecule has 0 bridgehead atoms. The van der Waals surface area contributed by atoms with Gasteiger partial charge in [0.05, 0.1) is 25.2 Å². The van der Waals surface area contributed by atoms with Crippen LogP contribution in [0.1, 0.15) is 73.5 Å². The molecule has 0 spiro atoms. The van der Waals surface area contributed by atoms with Gasteiger partial charge in [0.2, 0.25) is 0 Å². The second-order valence-electron chi connectivity index (χ2n) is 11.3. The Balaban J connectivity index is 2.21. The van der Waals surface area contributed by atoms with Crippen LogP contribution in [0.4, 0.5) is 0 Å². The van der Waals surface area contributed by atoms with Crippen molar-refractivity contribution in [2.24, 2.45) is 11.3 Å².